The van der Waals surface area contributed by atoms with Gasteiger partial charge in [0, 0.05) is 25.8 Å². The minimum Gasteiger partial charge on any atom is -0.390 e. The number of carbonyl (C=O) groups excluding carboxylic acids is 4. The molecule has 4 atom stereocenters. The molecule has 0 fully saturated rings. The first-order valence-electron chi connectivity index (χ1n) is 19.1. The minimum atomic E-state index is -1.14. The molecular weight excluding hydrogens is 677 g/mol. The van der Waals surface area contributed by atoms with Crippen molar-refractivity contribution in [3.8, 4) is 11.8 Å². The first-order valence-corrected chi connectivity index (χ1v) is 19.1. The molecule has 0 heterocycles. The van der Waals surface area contributed by atoms with Crippen molar-refractivity contribution >= 4 is 45.2 Å². The van der Waals surface area contributed by atoms with E-state index >= 15 is 0 Å². The summed E-state index contributed by atoms with van der Waals surface area (Å²) < 4.78 is 0. The molecule has 0 saturated heterocycles. The molecule has 9 nitrogen and oxygen atoms in total. The average molecular weight is 733 g/mol. The third-order valence-corrected chi connectivity index (χ3v) is 9.81. The molecule has 9 heteroatoms. The molecule has 0 aliphatic rings. The van der Waals surface area contributed by atoms with Crippen LogP contribution in [0.4, 0.5) is 0 Å². The molecule has 0 radical (unpaired) electrons. The van der Waals surface area contributed by atoms with Crippen LogP contribution < -0.4 is 21.3 Å². The van der Waals surface area contributed by atoms with Gasteiger partial charge < -0.3 is 26.4 Å². The van der Waals surface area contributed by atoms with Crippen LogP contribution in [0.3, 0.4) is 0 Å². The molecule has 0 aliphatic carbocycles. The summed E-state index contributed by atoms with van der Waals surface area (Å²) in [7, 11) is 0. The van der Waals surface area contributed by atoms with E-state index in [4.69, 9.17) is 0 Å². The number of hydrogen-bond donors (Lipinski definition) is 5. The molecule has 5 N–H and O–H groups in total. The fourth-order valence-corrected chi connectivity index (χ4v) is 6.57. The van der Waals surface area contributed by atoms with E-state index in [0.29, 0.717) is 31.7 Å². The monoisotopic (exact) mass is 732 g/mol. The van der Waals surface area contributed by atoms with Crippen LogP contribution in [0.1, 0.15) is 71.4 Å². The maximum atomic E-state index is 14.5. The van der Waals surface area contributed by atoms with Crippen molar-refractivity contribution in [2.75, 3.05) is 13.1 Å². The molecule has 0 saturated carbocycles. The van der Waals surface area contributed by atoms with Gasteiger partial charge in [-0.1, -0.05) is 131 Å². The van der Waals surface area contributed by atoms with E-state index in [1.807, 2.05) is 69.3 Å². The highest BCUT2D eigenvalue weighted by molar-refractivity contribution is 5.91. The lowest BCUT2D eigenvalue weighted by Gasteiger charge is -2.28. The van der Waals surface area contributed by atoms with Crippen molar-refractivity contribution in [3.63, 3.8) is 0 Å². The third-order valence-electron chi connectivity index (χ3n) is 9.81. The van der Waals surface area contributed by atoms with Gasteiger partial charge in [0.15, 0.2) is 0 Å². The Hall–Kier alpha value is -5.20. The largest absolute Gasteiger partial charge is 0.390 e. The van der Waals surface area contributed by atoms with Crippen LogP contribution in [0.2, 0.25) is 0 Å². The summed E-state index contributed by atoms with van der Waals surface area (Å²) in [5.41, 5.74) is 2.05. The van der Waals surface area contributed by atoms with Gasteiger partial charge in [-0.05, 0) is 63.8 Å². The van der Waals surface area contributed by atoms with Crippen molar-refractivity contribution in [1.82, 2.24) is 21.3 Å². The normalized spacial score (nSPS) is 13.4. The number of amides is 4. The van der Waals surface area contributed by atoms with Crippen LogP contribution in [0.5, 0.6) is 0 Å². The highest BCUT2D eigenvalue weighted by atomic mass is 16.3. The van der Waals surface area contributed by atoms with Gasteiger partial charge in [0.2, 0.25) is 23.6 Å². The summed E-state index contributed by atoms with van der Waals surface area (Å²) in [6, 6.07) is 26.6. The number of aliphatic hydroxyl groups is 1. The van der Waals surface area contributed by atoms with E-state index < -0.39 is 30.0 Å². The Kier molecular flexibility index (Phi) is 16.1. The lowest BCUT2D eigenvalue weighted by atomic mass is 9.87. The fourth-order valence-electron chi connectivity index (χ4n) is 6.57. The Morgan fingerprint density at radius 2 is 1.30 bits per heavy atom. The SMILES string of the molecule is CC[C@H](C)CNC(=O)C[C@H](O)[C@H](CC(C)C)NC(=O)[C@H](CC#CCNC(C)=O)NC(=O)C(Cc1cccc2ccccc12)Cc1cccc2ccccc12. The Morgan fingerprint density at radius 1 is 0.722 bits per heavy atom. The first-order chi connectivity index (χ1) is 25.9. The number of rotatable bonds is 18. The van der Waals surface area contributed by atoms with E-state index in [-0.39, 0.29) is 43.0 Å². The Morgan fingerprint density at radius 3 is 1.85 bits per heavy atom. The molecule has 286 valence electrons. The predicted molar refractivity (Wildman–Crippen MR) is 216 cm³/mol. The lowest BCUT2D eigenvalue weighted by Crippen LogP contribution is -2.54. The molecule has 54 heavy (non-hydrogen) atoms. The Bertz CT molecular complexity index is 1850. The van der Waals surface area contributed by atoms with Crippen LogP contribution in [0.25, 0.3) is 21.5 Å². The van der Waals surface area contributed by atoms with Crippen LogP contribution in [0.15, 0.2) is 84.9 Å². The molecule has 0 bridgehead atoms. The highest BCUT2D eigenvalue weighted by Crippen LogP contribution is 2.26. The number of aliphatic hydroxyl groups excluding tert-OH is 1. The molecule has 0 aromatic heterocycles. The second kappa shape index (κ2) is 20.9. The quantitative estimate of drug-likeness (QED) is 0.0818. The second-order valence-corrected chi connectivity index (χ2v) is 14.7. The van der Waals surface area contributed by atoms with Gasteiger partial charge in [0.05, 0.1) is 25.1 Å². The van der Waals surface area contributed by atoms with Gasteiger partial charge in [0.25, 0.3) is 0 Å². The molecule has 0 unspecified atom stereocenters. The predicted octanol–water partition coefficient (Wildman–Crippen LogP) is 5.85. The number of benzene rings is 4. The molecule has 0 aliphatic heterocycles. The van der Waals surface area contributed by atoms with Gasteiger partial charge in [-0.15, -0.1) is 0 Å². The second-order valence-electron chi connectivity index (χ2n) is 14.7. The maximum Gasteiger partial charge on any atom is 0.243 e. The summed E-state index contributed by atoms with van der Waals surface area (Å²) in [6.45, 7) is 10.1. The van der Waals surface area contributed by atoms with Crippen molar-refractivity contribution in [3.05, 3.63) is 96.1 Å². The molecule has 4 amide bonds. The average Bonchev–Trinajstić information content (AvgIpc) is 3.15. The van der Waals surface area contributed by atoms with Crippen LogP contribution in [-0.4, -0.2) is 60.0 Å². The Balaban J connectivity index is 1.63. The zero-order valence-electron chi connectivity index (χ0n) is 32.3. The van der Waals surface area contributed by atoms with Crippen molar-refractivity contribution < 1.29 is 24.3 Å². The number of carbonyl (C=O) groups is 4. The maximum absolute atomic E-state index is 14.5. The smallest absolute Gasteiger partial charge is 0.243 e. The van der Waals surface area contributed by atoms with Gasteiger partial charge in [0.1, 0.15) is 6.04 Å². The van der Waals surface area contributed by atoms with E-state index in [2.05, 4.69) is 76.4 Å². The van der Waals surface area contributed by atoms with Gasteiger partial charge in [-0.25, -0.2) is 0 Å². The number of hydrogen-bond acceptors (Lipinski definition) is 5. The summed E-state index contributed by atoms with van der Waals surface area (Å²) in [6.07, 6.45) is 0.872. The van der Waals surface area contributed by atoms with E-state index in [9.17, 15) is 24.3 Å². The number of fused-ring (bicyclic) bond motifs is 2. The standard InChI is InChI=1S/C45H56N4O5/c1-6-31(4)29-47-43(52)28-42(51)41(25-30(2)3)49-45(54)40(23-11-12-24-46-32(5)50)48-44(53)37(26-35-19-13-17-33-15-7-9-21-38(33)35)27-36-20-14-18-34-16-8-10-22-39(34)36/h7-10,13-22,30-31,37,40-42,51H,6,23-29H2,1-5H3,(H,46,50)(H,47,52)(H,48,53)(H,49,54)/t31-,40-,41-,42-/m0/s1. The van der Waals surface area contributed by atoms with Crippen molar-refractivity contribution in [1.29, 1.82) is 0 Å². The molecule has 4 aromatic carbocycles. The zero-order valence-corrected chi connectivity index (χ0v) is 32.3. The van der Waals surface area contributed by atoms with Crippen LogP contribution in [-0.2, 0) is 32.0 Å². The number of nitrogens with one attached hydrogen (secondary N) is 4. The van der Waals surface area contributed by atoms with E-state index in [0.717, 1.165) is 39.1 Å². The zero-order chi connectivity index (χ0) is 39.0. The topological polar surface area (TPSA) is 137 Å². The van der Waals surface area contributed by atoms with E-state index in [1.165, 1.54) is 6.92 Å². The van der Waals surface area contributed by atoms with Crippen molar-refractivity contribution in [2.45, 2.75) is 91.3 Å². The van der Waals surface area contributed by atoms with E-state index in [1.54, 1.807) is 0 Å². The minimum absolute atomic E-state index is 0.0215. The van der Waals surface area contributed by atoms with Crippen molar-refractivity contribution in [2.24, 2.45) is 17.8 Å². The van der Waals surface area contributed by atoms with Gasteiger partial charge in [-0.3, -0.25) is 19.2 Å². The Labute approximate surface area is 320 Å². The molecular formula is C45H56N4O5. The molecule has 4 rings (SSSR count). The summed E-state index contributed by atoms with van der Waals surface area (Å²) in [5.74, 6) is 4.37. The summed E-state index contributed by atoms with van der Waals surface area (Å²) >= 11 is 0. The highest BCUT2D eigenvalue weighted by Gasteiger charge is 2.31. The summed E-state index contributed by atoms with van der Waals surface area (Å²) in [4.78, 5) is 52.8. The van der Waals surface area contributed by atoms with Crippen LogP contribution in [0, 0.1) is 29.6 Å². The fraction of sp³-hybridized carbons (Fsp3) is 0.422. The first kappa shape index (κ1) is 41.6. The van der Waals surface area contributed by atoms with Crippen LogP contribution >= 0.6 is 0 Å². The van der Waals surface area contributed by atoms with Gasteiger partial charge in [-0.2, -0.15) is 0 Å². The lowest BCUT2D eigenvalue weighted by molar-refractivity contribution is -0.132. The summed E-state index contributed by atoms with van der Waals surface area (Å²) in [5, 5.41) is 27.0. The third kappa shape index (κ3) is 12.7. The van der Waals surface area contributed by atoms with Gasteiger partial charge >= 0.3 is 0 Å². The molecule has 0 spiro atoms. The molecule has 4 aromatic rings.